The number of rotatable bonds is 3. The molecule has 2 N–H and O–H groups in total. The van der Waals surface area contributed by atoms with Crippen molar-refractivity contribution in [2.24, 2.45) is 0 Å². The Kier molecular flexibility index (Phi) is 5.48. The molecule has 0 spiro atoms. The van der Waals surface area contributed by atoms with Crippen LogP contribution < -0.4 is 5.32 Å². The SMILES string of the molecule is O=C(O)N1CCCCC1(C(=O)c1ccccc1Cl)C(=O)N1CCNCC1. The van der Waals surface area contributed by atoms with Gasteiger partial charge in [0.15, 0.2) is 11.3 Å². The second-order valence-corrected chi connectivity index (χ2v) is 7.01. The van der Waals surface area contributed by atoms with Crippen LogP contribution in [-0.4, -0.2) is 71.0 Å². The molecule has 2 saturated heterocycles. The molecule has 26 heavy (non-hydrogen) atoms. The van der Waals surface area contributed by atoms with Crippen molar-refractivity contribution in [1.82, 2.24) is 15.1 Å². The van der Waals surface area contributed by atoms with E-state index in [-0.39, 0.29) is 23.6 Å². The fourth-order valence-corrected chi connectivity index (χ4v) is 4.01. The maximum atomic E-state index is 13.5. The second kappa shape index (κ2) is 7.63. The van der Waals surface area contributed by atoms with Gasteiger partial charge in [0.25, 0.3) is 5.91 Å². The van der Waals surface area contributed by atoms with Crippen LogP contribution in [0.3, 0.4) is 0 Å². The van der Waals surface area contributed by atoms with Crippen LogP contribution >= 0.6 is 11.6 Å². The smallest absolute Gasteiger partial charge is 0.408 e. The van der Waals surface area contributed by atoms with E-state index in [4.69, 9.17) is 11.6 Å². The average Bonchev–Trinajstić information content (AvgIpc) is 2.67. The first-order chi connectivity index (χ1) is 12.5. The Balaban J connectivity index is 2.09. The Morgan fingerprint density at radius 2 is 1.77 bits per heavy atom. The predicted molar refractivity (Wildman–Crippen MR) is 96.5 cm³/mol. The van der Waals surface area contributed by atoms with Crippen LogP contribution in [0.25, 0.3) is 0 Å². The summed E-state index contributed by atoms with van der Waals surface area (Å²) in [6.07, 6.45) is 0.149. The number of piperidine rings is 1. The molecule has 2 fully saturated rings. The molecule has 0 bridgehead atoms. The molecule has 0 aromatic heterocycles. The molecule has 1 aromatic rings. The van der Waals surface area contributed by atoms with Crippen molar-refractivity contribution in [2.75, 3.05) is 32.7 Å². The van der Waals surface area contributed by atoms with Crippen molar-refractivity contribution in [3.05, 3.63) is 34.9 Å². The van der Waals surface area contributed by atoms with Crippen LogP contribution in [0.1, 0.15) is 29.6 Å². The summed E-state index contributed by atoms with van der Waals surface area (Å²) in [7, 11) is 0. The second-order valence-electron chi connectivity index (χ2n) is 6.60. The lowest BCUT2D eigenvalue weighted by molar-refractivity contribution is -0.142. The summed E-state index contributed by atoms with van der Waals surface area (Å²) >= 11 is 6.20. The molecule has 3 rings (SSSR count). The highest BCUT2D eigenvalue weighted by Crippen LogP contribution is 2.35. The van der Waals surface area contributed by atoms with E-state index in [0.717, 1.165) is 4.90 Å². The highest BCUT2D eigenvalue weighted by atomic mass is 35.5. The first-order valence-corrected chi connectivity index (χ1v) is 9.16. The largest absolute Gasteiger partial charge is 0.465 e. The average molecular weight is 380 g/mol. The van der Waals surface area contributed by atoms with Crippen LogP contribution in [-0.2, 0) is 4.79 Å². The summed E-state index contributed by atoms with van der Waals surface area (Å²) in [6, 6.07) is 6.48. The lowest BCUT2D eigenvalue weighted by Gasteiger charge is -2.46. The minimum absolute atomic E-state index is 0.156. The number of ketones is 1. The molecule has 140 valence electrons. The number of hydrogen-bond acceptors (Lipinski definition) is 4. The highest BCUT2D eigenvalue weighted by molar-refractivity contribution is 6.35. The number of amides is 2. The van der Waals surface area contributed by atoms with Gasteiger partial charge < -0.3 is 15.3 Å². The van der Waals surface area contributed by atoms with Crippen LogP contribution in [0.5, 0.6) is 0 Å². The zero-order valence-corrected chi connectivity index (χ0v) is 15.2. The fraction of sp³-hybridized carbons (Fsp3) is 0.500. The van der Waals surface area contributed by atoms with Crippen molar-refractivity contribution in [3.63, 3.8) is 0 Å². The zero-order chi connectivity index (χ0) is 18.7. The van der Waals surface area contributed by atoms with Gasteiger partial charge in [-0.15, -0.1) is 0 Å². The van der Waals surface area contributed by atoms with Gasteiger partial charge in [-0.05, 0) is 31.4 Å². The number of hydrogen-bond donors (Lipinski definition) is 2. The normalized spacial score (nSPS) is 23.6. The molecule has 0 saturated carbocycles. The molecule has 1 unspecified atom stereocenters. The number of carboxylic acid groups (broad SMARTS) is 1. The van der Waals surface area contributed by atoms with Gasteiger partial charge in [0.05, 0.1) is 5.02 Å². The molecule has 0 aliphatic carbocycles. The molecule has 2 aliphatic heterocycles. The maximum Gasteiger partial charge on any atom is 0.408 e. The van der Waals surface area contributed by atoms with Gasteiger partial charge in [0.2, 0.25) is 0 Å². The van der Waals surface area contributed by atoms with Crippen molar-refractivity contribution in [3.8, 4) is 0 Å². The summed E-state index contributed by atoms with van der Waals surface area (Å²) in [4.78, 5) is 41.5. The molecule has 1 atom stereocenters. The van der Waals surface area contributed by atoms with E-state index >= 15 is 0 Å². The number of benzene rings is 1. The summed E-state index contributed by atoms with van der Waals surface area (Å²) in [5, 5.41) is 13.1. The lowest BCUT2D eigenvalue weighted by Crippen LogP contribution is -2.68. The zero-order valence-electron chi connectivity index (χ0n) is 14.4. The fourth-order valence-electron chi connectivity index (χ4n) is 3.79. The first kappa shape index (κ1) is 18.7. The van der Waals surface area contributed by atoms with Crippen LogP contribution in [0.15, 0.2) is 24.3 Å². The van der Waals surface area contributed by atoms with Crippen molar-refractivity contribution < 1.29 is 19.5 Å². The molecule has 0 radical (unpaired) electrons. The van der Waals surface area contributed by atoms with Gasteiger partial charge in [-0.2, -0.15) is 0 Å². The van der Waals surface area contributed by atoms with Crippen LogP contribution in [0, 0.1) is 0 Å². The summed E-state index contributed by atoms with van der Waals surface area (Å²) < 4.78 is 0. The van der Waals surface area contributed by atoms with E-state index < -0.39 is 23.3 Å². The van der Waals surface area contributed by atoms with E-state index in [1.165, 1.54) is 0 Å². The Hall–Kier alpha value is -2.12. The van der Waals surface area contributed by atoms with Gasteiger partial charge >= 0.3 is 6.09 Å². The third-order valence-corrected chi connectivity index (χ3v) is 5.44. The van der Waals surface area contributed by atoms with E-state index in [2.05, 4.69) is 5.32 Å². The van der Waals surface area contributed by atoms with Gasteiger partial charge in [-0.1, -0.05) is 23.7 Å². The van der Waals surface area contributed by atoms with Crippen molar-refractivity contribution in [2.45, 2.75) is 24.8 Å². The Morgan fingerprint density at radius 3 is 2.42 bits per heavy atom. The molecule has 7 nitrogen and oxygen atoms in total. The number of carbonyl (C=O) groups excluding carboxylic acids is 2. The lowest BCUT2D eigenvalue weighted by atomic mass is 9.78. The minimum Gasteiger partial charge on any atom is -0.465 e. The molecule has 1 aromatic carbocycles. The molecular formula is C18H22ClN3O4. The Bertz CT molecular complexity index is 720. The quantitative estimate of drug-likeness (QED) is 0.618. The predicted octanol–water partition coefficient (Wildman–Crippen LogP) is 1.86. The van der Waals surface area contributed by atoms with Gasteiger partial charge in [0, 0.05) is 38.3 Å². The number of likely N-dealkylation sites (tertiary alicyclic amines) is 1. The number of Topliss-reactive ketones (excluding diaryl/α,β-unsaturated/α-hetero) is 1. The van der Waals surface area contributed by atoms with E-state index in [1.54, 1.807) is 29.2 Å². The van der Waals surface area contributed by atoms with E-state index in [0.29, 0.717) is 39.0 Å². The van der Waals surface area contributed by atoms with Crippen molar-refractivity contribution in [1.29, 1.82) is 0 Å². The highest BCUT2D eigenvalue weighted by Gasteiger charge is 2.56. The maximum absolute atomic E-state index is 13.5. The standard InChI is InChI=1S/C18H22ClN3O4/c19-14-6-2-1-5-13(14)15(23)18(7-3-4-10-22(18)17(25)26)16(24)21-11-8-20-9-12-21/h1-2,5-6,20H,3-4,7-12H2,(H,25,26). The van der Waals surface area contributed by atoms with Gasteiger partial charge in [-0.3, -0.25) is 14.5 Å². The number of nitrogens with one attached hydrogen (secondary N) is 1. The third kappa shape index (κ3) is 3.17. The molecule has 2 heterocycles. The Morgan fingerprint density at radius 1 is 1.08 bits per heavy atom. The monoisotopic (exact) mass is 379 g/mol. The third-order valence-electron chi connectivity index (χ3n) is 5.11. The minimum atomic E-state index is -1.74. The van der Waals surface area contributed by atoms with Crippen LogP contribution in [0.2, 0.25) is 5.02 Å². The topological polar surface area (TPSA) is 90.0 Å². The number of piperazine rings is 1. The molecular weight excluding hydrogens is 358 g/mol. The summed E-state index contributed by atoms with van der Waals surface area (Å²) in [5.41, 5.74) is -1.56. The molecule has 2 aliphatic rings. The summed E-state index contributed by atoms with van der Waals surface area (Å²) in [5.74, 6) is -0.972. The number of halogens is 1. The summed E-state index contributed by atoms with van der Waals surface area (Å²) in [6.45, 7) is 2.29. The van der Waals surface area contributed by atoms with Crippen molar-refractivity contribution >= 4 is 29.4 Å². The van der Waals surface area contributed by atoms with Gasteiger partial charge in [0.1, 0.15) is 0 Å². The first-order valence-electron chi connectivity index (χ1n) is 8.78. The molecule has 8 heteroatoms. The number of carbonyl (C=O) groups is 3. The van der Waals surface area contributed by atoms with E-state index in [1.807, 2.05) is 0 Å². The molecule has 2 amide bonds. The Labute approximate surface area is 156 Å². The number of nitrogens with zero attached hydrogens (tertiary/aromatic N) is 2. The van der Waals surface area contributed by atoms with E-state index in [9.17, 15) is 19.5 Å². The van der Waals surface area contributed by atoms with Crippen LogP contribution in [0.4, 0.5) is 4.79 Å². The van der Waals surface area contributed by atoms with Gasteiger partial charge in [-0.25, -0.2) is 4.79 Å².